The van der Waals surface area contributed by atoms with Crippen LogP contribution >= 0.6 is 0 Å². The summed E-state index contributed by atoms with van der Waals surface area (Å²) in [6.45, 7) is 2.16. The molecule has 2 aliphatic rings. The van der Waals surface area contributed by atoms with Crippen molar-refractivity contribution in [3.8, 4) is 0 Å². The molecule has 0 aromatic rings. The van der Waals surface area contributed by atoms with Gasteiger partial charge < -0.3 is 10.0 Å². The molecule has 1 atom stereocenters. The van der Waals surface area contributed by atoms with Crippen molar-refractivity contribution >= 4 is 21.7 Å². The summed E-state index contributed by atoms with van der Waals surface area (Å²) in [6, 6.07) is 0. The molecule has 0 aromatic carbocycles. The van der Waals surface area contributed by atoms with Crippen molar-refractivity contribution in [2.24, 2.45) is 5.41 Å². The molecule has 1 saturated heterocycles. The first-order valence-electron chi connectivity index (χ1n) is 7.47. The molecule has 1 N–H and O–H groups in total. The largest absolute Gasteiger partial charge is 0.481 e. The number of hydrogen-bond donors (Lipinski definition) is 1. The highest BCUT2D eigenvalue weighted by molar-refractivity contribution is 7.92. The Morgan fingerprint density at radius 2 is 1.86 bits per heavy atom. The van der Waals surface area contributed by atoms with Crippen molar-refractivity contribution in [2.45, 2.75) is 50.7 Å². The Morgan fingerprint density at radius 3 is 2.43 bits per heavy atom. The Balaban J connectivity index is 2.01. The number of piperidine rings is 1. The molecule has 1 amide bonds. The van der Waals surface area contributed by atoms with Gasteiger partial charge in [-0.2, -0.15) is 0 Å². The molecular formula is C14H23NO5S. The molecule has 1 aliphatic carbocycles. The van der Waals surface area contributed by atoms with Gasteiger partial charge in [0.05, 0.1) is 10.7 Å². The van der Waals surface area contributed by atoms with E-state index in [0.29, 0.717) is 32.2 Å². The zero-order chi connectivity index (χ0) is 15.7. The quantitative estimate of drug-likeness (QED) is 0.837. The van der Waals surface area contributed by atoms with E-state index >= 15 is 0 Å². The molecule has 6 nitrogen and oxygen atoms in total. The van der Waals surface area contributed by atoms with Gasteiger partial charge in [-0.1, -0.05) is 12.8 Å². The van der Waals surface area contributed by atoms with Gasteiger partial charge in [-0.25, -0.2) is 8.42 Å². The van der Waals surface area contributed by atoms with Gasteiger partial charge in [0, 0.05) is 13.1 Å². The van der Waals surface area contributed by atoms with Crippen molar-refractivity contribution in [3.63, 3.8) is 0 Å². The zero-order valence-electron chi connectivity index (χ0n) is 12.4. The van der Waals surface area contributed by atoms with Crippen LogP contribution in [0.2, 0.25) is 0 Å². The lowest BCUT2D eigenvalue weighted by Gasteiger charge is -2.37. The maximum absolute atomic E-state index is 12.2. The van der Waals surface area contributed by atoms with Crippen molar-refractivity contribution in [3.05, 3.63) is 0 Å². The standard InChI is InChI=1S/C14H23NO5S/c1-14(13(17)18)7-4-8-15(10-14)12(16)9-21(19,20)11-5-2-3-6-11/h11H,2-10H2,1H3,(H,17,18). The zero-order valence-corrected chi connectivity index (χ0v) is 13.2. The van der Waals surface area contributed by atoms with Crippen LogP contribution in [0.25, 0.3) is 0 Å². The predicted molar refractivity (Wildman–Crippen MR) is 77.6 cm³/mol. The predicted octanol–water partition coefficient (Wildman–Crippen LogP) is 1.06. The number of amides is 1. The van der Waals surface area contributed by atoms with Crippen molar-refractivity contribution < 1.29 is 23.1 Å². The molecule has 2 fully saturated rings. The van der Waals surface area contributed by atoms with Gasteiger partial charge in [0.15, 0.2) is 9.84 Å². The van der Waals surface area contributed by atoms with Gasteiger partial charge in [0.25, 0.3) is 0 Å². The first-order valence-corrected chi connectivity index (χ1v) is 9.19. The average molecular weight is 317 g/mol. The second-order valence-electron chi connectivity index (χ2n) is 6.50. The van der Waals surface area contributed by atoms with Crippen molar-refractivity contribution in [1.82, 2.24) is 4.90 Å². The summed E-state index contributed by atoms with van der Waals surface area (Å²) in [5.74, 6) is -1.86. The summed E-state index contributed by atoms with van der Waals surface area (Å²) >= 11 is 0. The van der Waals surface area contributed by atoms with E-state index in [9.17, 15) is 23.1 Å². The van der Waals surface area contributed by atoms with E-state index in [1.54, 1.807) is 6.92 Å². The summed E-state index contributed by atoms with van der Waals surface area (Å²) in [5.41, 5.74) is -0.967. The van der Waals surface area contributed by atoms with Crippen LogP contribution in [0.4, 0.5) is 0 Å². The molecule has 0 bridgehead atoms. The van der Waals surface area contributed by atoms with Crippen LogP contribution in [-0.4, -0.2) is 54.4 Å². The molecule has 7 heteroatoms. The minimum Gasteiger partial charge on any atom is -0.481 e. The molecule has 2 rings (SSSR count). The first-order chi connectivity index (χ1) is 9.74. The lowest BCUT2D eigenvalue weighted by atomic mass is 9.82. The van der Waals surface area contributed by atoms with Gasteiger partial charge in [0.2, 0.25) is 5.91 Å². The van der Waals surface area contributed by atoms with E-state index in [1.807, 2.05) is 0 Å². The fourth-order valence-corrected chi connectivity index (χ4v) is 5.07. The smallest absolute Gasteiger partial charge is 0.311 e. The molecule has 1 unspecified atom stereocenters. The van der Waals surface area contributed by atoms with Gasteiger partial charge in [0.1, 0.15) is 5.75 Å². The summed E-state index contributed by atoms with van der Waals surface area (Å²) in [7, 11) is -3.40. The first kappa shape index (κ1) is 16.3. The Bertz CT molecular complexity index is 523. The average Bonchev–Trinajstić information content (AvgIpc) is 2.92. The number of hydrogen-bond acceptors (Lipinski definition) is 4. The number of nitrogens with zero attached hydrogens (tertiary/aromatic N) is 1. The van der Waals surface area contributed by atoms with E-state index < -0.39 is 38.1 Å². The molecule has 0 spiro atoms. The number of carboxylic acid groups (broad SMARTS) is 1. The summed E-state index contributed by atoms with van der Waals surface area (Å²) in [5, 5.41) is 8.85. The summed E-state index contributed by atoms with van der Waals surface area (Å²) in [6.07, 6.45) is 4.20. The summed E-state index contributed by atoms with van der Waals surface area (Å²) < 4.78 is 24.4. The monoisotopic (exact) mass is 317 g/mol. The fourth-order valence-electron chi connectivity index (χ4n) is 3.26. The number of aliphatic carboxylic acids is 1. The number of likely N-dealkylation sites (tertiary alicyclic amines) is 1. The van der Waals surface area contributed by atoms with Crippen LogP contribution < -0.4 is 0 Å². The minimum atomic E-state index is -3.40. The number of carboxylic acids is 1. The molecule has 0 aromatic heterocycles. The lowest BCUT2D eigenvalue weighted by Crippen LogP contribution is -2.50. The van der Waals surface area contributed by atoms with E-state index in [4.69, 9.17) is 0 Å². The van der Waals surface area contributed by atoms with Gasteiger partial charge in [-0.15, -0.1) is 0 Å². The highest BCUT2D eigenvalue weighted by atomic mass is 32.2. The van der Waals surface area contributed by atoms with Crippen molar-refractivity contribution in [1.29, 1.82) is 0 Å². The minimum absolute atomic E-state index is 0.0986. The third kappa shape index (κ3) is 3.56. The maximum Gasteiger partial charge on any atom is 0.311 e. The SMILES string of the molecule is CC1(C(=O)O)CCCN(C(=O)CS(=O)(=O)C2CCCC2)C1. The normalized spacial score (nSPS) is 27.8. The highest BCUT2D eigenvalue weighted by Crippen LogP contribution is 2.30. The second kappa shape index (κ2) is 5.94. The van der Waals surface area contributed by atoms with Crippen LogP contribution in [0.3, 0.4) is 0 Å². The molecule has 1 heterocycles. The Hall–Kier alpha value is -1.11. The van der Waals surface area contributed by atoms with Crippen LogP contribution in [0.1, 0.15) is 45.4 Å². The van der Waals surface area contributed by atoms with E-state index in [1.165, 1.54) is 4.90 Å². The van der Waals surface area contributed by atoms with E-state index in [-0.39, 0.29) is 6.54 Å². The summed E-state index contributed by atoms with van der Waals surface area (Å²) in [4.78, 5) is 24.9. The molecule has 1 saturated carbocycles. The molecule has 21 heavy (non-hydrogen) atoms. The van der Waals surface area contributed by atoms with Gasteiger partial charge >= 0.3 is 5.97 Å². The molecule has 0 radical (unpaired) electrons. The van der Waals surface area contributed by atoms with Crippen molar-refractivity contribution in [2.75, 3.05) is 18.8 Å². The Labute approximate surface area is 125 Å². The molecular weight excluding hydrogens is 294 g/mol. The highest BCUT2D eigenvalue weighted by Gasteiger charge is 2.40. The van der Waals surface area contributed by atoms with Gasteiger partial charge in [-0.3, -0.25) is 9.59 Å². The second-order valence-corrected chi connectivity index (χ2v) is 8.78. The molecule has 1 aliphatic heterocycles. The van der Waals surface area contributed by atoms with Crippen LogP contribution in [-0.2, 0) is 19.4 Å². The fraction of sp³-hybridized carbons (Fsp3) is 0.857. The number of carbonyl (C=O) groups excluding carboxylic acids is 1. The lowest BCUT2D eigenvalue weighted by molar-refractivity contribution is -0.153. The van der Waals surface area contributed by atoms with Crippen LogP contribution in [0.15, 0.2) is 0 Å². The maximum atomic E-state index is 12.2. The number of carbonyl (C=O) groups is 2. The molecule has 120 valence electrons. The third-order valence-electron chi connectivity index (χ3n) is 4.70. The van der Waals surface area contributed by atoms with Crippen LogP contribution in [0, 0.1) is 5.41 Å². The van der Waals surface area contributed by atoms with E-state index in [2.05, 4.69) is 0 Å². The Kier molecular flexibility index (Phi) is 4.60. The number of sulfone groups is 1. The van der Waals surface area contributed by atoms with Crippen LogP contribution in [0.5, 0.6) is 0 Å². The van der Waals surface area contributed by atoms with Gasteiger partial charge in [-0.05, 0) is 32.6 Å². The topological polar surface area (TPSA) is 91.8 Å². The Morgan fingerprint density at radius 1 is 1.24 bits per heavy atom. The number of rotatable bonds is 4. The van der Waals surface area contributed by atoms with E-state index in [0.717, 1.165) is 12.8 Å². The third-order valence-corrected chi connectivity index (χ3v) is 6.84.